The predicted molar refractivity (Wildman–Crippen MR) is 140 cm³/mol. The molecule has 0 saturated heterocycles. The largest absolute Gasteiger partial charge is 0.327 e. The Labute approximate surface area is 204 Å². The highest BCUT2D eigenvalue weighted by Crippen LogP contribution is 2.29. The van der Waals surface area contributed by atoms with Gasteiger partial charge in [-0.1, -0.05) is 45.0 Å². The van der Waals surface area contributed by atoms with Crippen LogP contribution in [-0.2, 0) is 0 Å². The summed E-state index contributed by atoms with van der Waals surface area (Å²) in [5.74, 6) is 0.838. The van der Waals surface area contributed by atoms with Crippen molar-refractivity contribution < 1.29 is 4.79 Å². The van der Waals surface area contributed by atoms with Crippen LogP contribution >= 0.6 is 11.3 Å². The number of amides is 1. The molecule has 1 atom stereocenters. The summed E-state index contributed by atoms with van der Waals surface area (Å²) < 4.78 is 1.71. The van der Waals surface area contributed by atoms with Crippen LogP contribution in [-0.4, -0.2) is 26.9 Å². The molecule has 4 aromatic rings. The van der Waals surface area contributed by atoms with Gasteiger partial charge in [-0.2, -0.15) is 0 Å². The van der Waals surface area contributed by atoms with E-state index in [0.717, 1.165) is 16.8 Å². The number of carbonyl (C=O) groups is 1. The van der Waals surface area contributed by atoms with Gasteiger partial charge in [0.05, 0.1) is 27.5 Å². The molecule has 5 nitrogen and oxygen atoms in total. The maximum atomic E-state index is 13.8. The van der Waals surface area contributed by atoms with Gasteiger partial charge >= 0.3 is 0 Å². The monoisotopic (exact) mass is 473 g/mol. The lowest BCUT2D eigenvalue weighted by Gasteiger charge is -2.33. The third-order valence-corrected chi connectivity index (χ3v) is 7.02. The van der Waals surface area contributed by atoms with E-state index >= 15 is 0 Å². The first-order valence-electron chi connectivity index (χ1n) is 11.8. The third kappa shape index (κ3) is 4.55. The molecule has 0 spiro atoms. The SMILES string of the molecule is CCC(c1nc2ccccc2c(=O)n1-c1ccc(C)c(C)c1)N(CC(C)C)C(=O)c1cccs1. The van der Waals surface area contributed by atoms with Crippen molar-refractivity contribution in [3.63, 3.8) is 0 Å². The number of hydrogen-bond acceptors (Lipinski definition) is 4. The second-order valence-corrected chi connectivity index (χ2v) is 10.1. The van der Waals surface area contributed by atoms with Gasteiger partial charge in [0.15, 0.2) is 0 Å². The van der Waals surface area contributed by atoms with E-state index in [1.807, 2.05) is 78.7 Å². The average molecular weight is 474 g/mol. The van der Waals surface area contributed by atoms with Gasteiger partial charge in [0.1, 0.15) is 5.82 Å². The number of nitrogens with zero attached hydrogens (tertiary/aromatic N) is 3. The van der Waals surface area contributed by atoms with E-state index in [9.17, 15) is 9.59 Å². The summed E-state index contributed by atoms with van der Waals surface area (Å²) in [7, 11) is 0. The minimum Gasteiger partial charge on any atom is -0.327 e. The highest BCUT2D eigenvalue weighted by molar-refractivity contribution is 7.12. The molecule has 1 amide bonds. The molecule has 6 heteroatoms. The van der Waals surface area contributed by atoms with Crippen molar-refractivity contribution in [3.05, 3.63) is 92.2 Å². The summed E-state index contributed by atoms with van der Waals surface area (Å²) in [6.07, 6.45) is 0.638. The van der Waals surface area contributed by atoms with Crippen LogP contribution in [0.4, 0.5) is 0 Å². The zero-order chi connectivity index (χ0) is 24.4. The van der Waals surface area contributed by atoms with Crippen LogP contribution in [0, 0.1) is 19.8 Å². The van der Waals surface area contributed by atoms with Crippen molar-refractivity contribution in [1.82, 2.24) is 14.5 Å². The highest BCUT2D eigenvalue weighted by Gasteiger charge is 2.30. The molecule has 0 aliphatic rings. The van der Waals surface area contributed by atoms with E-state index < -0.39 is 0 Å². The molecule has 0 bridgehead atoms. The molecule has 0 aliphatic carbocycles. The zero-order valence-electron chi connectivity index (χ0n) is 20.4. The topological polar surface area (TPSA) is 55.2 Å². The standard InChI is InChI=1S/C28H31N3O2S/c1-6-24(30(17-18(2)3)28(33)25-12-9-15-34-25)26-29-23-11-8-7-10-22(23)27(32)31(26)21-14-13-19(4)20(5)16-21/h7-16,18,24H,6,17H2,1-5H3. The Morgan fingerprint density at radius 1 is 1.06 bits per heavy atom. The molecule has 0 fully saturated rings. The summed E-state index contributed by atoms with van der Waals surface area (Å²) in [6.45, 7) is 10.9. The normalized spacial score (nSPS) is 12.3. The summed E-state index contributed by atoms with van der Waals surface area (Å²) in [6, 6.07) is 16.8. The van der Waals surface area contributed by atoms with Gasteiger partial charge in [0, 0.05) is 6.54 Å². The first kappa shape index (κ1) is 23.9. The second kappa shape index (κ2) is 9.94. The number of para-hydroxylation sites is 1. The molecule has 2 heterocycles. The molecule has 0 N–H and O–H groups in total. The van der Waals surface area contributed by atoms with E-state index in [0.29, 0.717) is 34.6 Å². The number of thiophene rings is 1. The number of hydrogen-bond donors (Lipinski definition) is 0. The van der Waals surface area contributed by atoms with Crippen LogP contribution in [0.5, 0.6) is 0 Å². The van der Waals surface area contributed by atoms with Gasteiger partial charge in [0.25, 0.3) is 11.5 Å². The summed E-state index contributed by atoms with van der Waals surface area (Å²) >= 11 is 1.44. The third-order valence-electron chi connectivity index (χ3n) is 6.17. The Hall–Kier alpha value is -3.25. The Bertz CT molecular complexity index is 1370. The molecule has 1 unspecified atom stereocenters. The van der Waals surface area contributed by atoms with Crippen molar-refractivity contribution in [2.24, 2.45) is 5.92 Å². The molecule has 2 aromatic heterocycles. The minimum absolute atomic E-state index is 0.0235. The number of rotatable bonds is 7. The molecular formula is C28H31N3O2S. The van der Waals surface area contributed by atoms with Gasteiger partial charge in [-0.3, -0.25) is 14.2 Å². The summed E-state index contributed by atoms with van der Waals surface area (Å²) in [4.78, 5) is 35.1. The second-order valence-electron chi connectivity index (χ2n) is 9.15. The smallest absolute Gasteiger partial charge is 0.266 e. The fourth-order valence-electron chi connectivity index (χ4n) is 4.32. The molecule has 176 valence electrons. The predicted octanol–water partition coefficient (Wildman–Crippen LogP) is 6.31. The Balaban J connectivity index is 1.98. The fraction of sp³-hybridized carbons (Fsp3) is 0.321. The maximum Gasteiger partial charge on any atom is 0.266 e. The van der Waals surface area contributed by atoms with Crippen molar-refractivity contribution in [3.8, 4) is 5.69 Å². The van der Waals surface area contributed by atoms with Crippen LogP contribution in [0.15, 0.2) is 64.8 Å². The lowest BCUT2D eigenvalue weighted by molar-refractivity contribution is 0.0636. The van der Waals surface area contributed by atoms with Gasteiger partial charge in [-0.25, -0.2) is 4.98 Å². The number of aromatic nitrogens is 2. The first-order valence-corrected chi connectivity index (χ1v) is 12.6. The summed E-state index contributed by atoms with van der Waals surface area (Å²) in [5, 5.41) is 2.49. The first-order chi connectivity index (χ1) is 16.3. The van der Waals surface area contributed by atoms with E-state index in [-0.39, 0.29) is 23.4 Å². The van der Waals surface area contributed by atoms with Crippen LogP contribution in [0.25, 0.3) is 16.6 Å². The quantitative estimate of drug-likeness (QED) is 0.316. The molecule has 34 heavy (non-hydrogen) atoms. The van der Waals surface area contributed by atoms with E-state index in [2.05, 4.69) is 20.8 Å². The number of benzene rings is 2. The van der Waals surface area contributed by atoms with Gasteiger partial charge < -0.3 is 4.90 Å². The van der Waals surface area contributed by atoms with Crippen molar-refractivity contribution in [1.29, 1.82) is 0 Å². The highest BCUT2D eigenvalue weighted by atomic mass is 32.1. The molecular weight excluding hydrogens is 442 g/mol. The molecule has 0 radical (unpaired) electrons. The Kier molecular flexibility index (Phi) is 6.98. The number of aryl methyl sites for hydroxylation is 2. The van der Waals surface area contributed by atoms with Gasteiger partial charge in [-0.05, 0) is 73.0 Å². The Morgan fingerprint density at radius 2 is 1.82 bits per heavy atom. The molecule has 2 aromatic carbocycles. The fourth-order valence-corrected chi connectivity index (χ4v) is 5.00. The maximum absolute atomic E-state index is 13.8. The molecule has 0 aliphatic heterocycles. The summed E-state index contributed by atoms with van der Waals surface area (Å²) in [5.41, 5.74) is 3.57. The number of carbonyl (C=O) groups excluding carboxylic acids is 1. The van der Waals surface area contributed by atoms with Crippen LogP contribution in [0.2, 0.25) is 0 Å². The van der Waals surface area contributed by atoms with E-state index in [4.69, 9.17) is 4.98 Å². The number of fused-ring (bicyclic) bond motifs is 1. The van der Waals surface area contributed by atoms with Crippen LogP contribution < -0.4 is 5.56 Å². The molecule has 4 rings (SSSR count). The van der Waals surface area contributed by atoms with E-state index in [1.165, 1.54) is 11.3 Å². The van der Waals surface area contributed by atoms with Gasteiger partial charge in [-0.15, -0.1) is 11.3 Å². The lowest BCUT2D eigenvalue weighted by Crippen LogP contribution is -2.40. The van der Waals surface area contributed by atoms with Crippen molar-refractivity contribution in [2.75, 3.05) is 6.54 Å². The van der Waals surface area contributed by atoms with E-state index in [1.54, 1.807) is 4.57 Å². The minimum atomic E-state index is -0.351. The Morgan fingerprint density at radius 3 is 2.47 bits per heavy atom. The molecule has 0 saturated carbocycles. The zero-order valence-corrected chi connectivity index (χ0v) is 21.2. The van der Waals surface area contributed by atoms with Crippen LogP contribution in [0.1, 0.15) is 59.9 Å². The van der Waals surface area contributed by atoms with Crippen molar-refractivity contribution >= 4 is 28.1 Å². The average Bonchev–Trinajstić information content (AvgIpc) is 3.35. The lowest BCUT2D eigenvalue weighted by atomic mass is 10.1. The van der Waals surface area contributed by atoms with Crippen LogP contribution in [0.3, 0.4) is 0 Å². The van der Waals surface area contributed by atoms with Gasteiger partial charge in [0.2, 0.25) is 0 Å². The van der Waals surface area contributed by atoms with Crippen molar-refractivity contribution in [2.45, 2.75) is 47.1 Å².